The number of phenols is 1. The molecule has 0 aliphatic carbocycles. The molecule has 0 radical (unpaired) electrons. The van der Waals surface area contributed by atoms with Crippen LogP contribution >= 0.6 is 0 Å². The van der Waals surface area contributed by atoms with Crippen molar-refractivity contribution in [3.63, 3.8) is 0 Å². The summed E-state index contributed by atoms with van der Waals surface area (Å²) < 4.78 is 0. The van der Waals surface area contributed by atoms with E-state index in [1.807, 2.05) is 23.1 Å². The summed E-state index contributed by atoms with van der Waals surface area (Å²) in [6.45, 7) is 4.70. The number of para-hydroxylation sites is 1. The number of carbonyl (C=O) groups excluding carboxylic acids is 1. The van der Waals surface area contributed by atoms with E-state index in [0.717, 1.165) is 24.2 Å². The molecule has 3 nitrogen and oxygen atoms in total. The van der Waals surface area contributed by atoms with Crippen molar-refractivity contribution in [3.8, 4) is 5.75 Å². The third-order valence-corrected chi connectivity index (χ3v) is 4.03. The third-order valence-electron chi connectivity index (χ3n) is 4.03. The Morgan fingerprint density at radius 1 is 1.24 bits per heavy atom. The monoisotopic (exact) mass is 281 g/mol. The number of nitrogens with zero attached hydrogens (tertiary/aromatic N) is 1. The molecule has 1 aliphatic rings. The van der Waals surface area contributed by atoms with Crippen LogP contribution < -0.4 is 4.90 Å². The number of amides is 1. The molecule has 3 rings (SSSR count). The SMILES string of the molecule is Cc1cc(C(=O)N2CC(C)Cc3ccccc32)ccc1O. The fourth-order valence-corrected chi connectivity index (χ4v) is 2.93. The quantitative estimate of drug-likeness (QED) is 0.868. The van der Waals surface area contributed by atoms with Gasteiger partial charge in [-0.05, 0) is 54.7 Å². The minimum atomic E-state index is -0.00269. The van der Waals surface area contributed by atoms with Gasteiger partial charge < -0.3 is 10.0 Å². The van der Waals surface area contributed by atoms with Gasteiger partial charge in [0.25, 0.3) is 5.91 Å². The summed E-state index contributed by atoms with van der Waals surface area (Å²) in [5.41, 5.74) is 3.57. The summed E-state index contributed by atoms with van der Waals surface area (Å²) in [4.78, 5) is 14.7. The van der Waals surface area contributed by atoms with Crippen LogP contribution in [0, 0.1) is 12.8 Å². The van der Waals surface area contributed by atoms with E-state index in [1.54, 1.807) is 25.1 Å². The summed E-state index contributed by atoms with van der Waals surface area (Å²) in [5.74, 6) is 0.665. The van der Waals surface area contributed by atoms with Crippen molar-refractivity contribution >= 4 is 11.6 Å². The normalized spacial score (nSPS) is 17.4. The molecule has 2 aromatic carbocycles. The van der Waals surface area contributed by atoms with Crippen molar-refractivity contribution in [2.24, 2.45) is 5.92 Å². The van der Waals surface area contributed by atoms with Crippen LogP contribution in [-0.4, -0.2) is 17.6 Å². The standard InChI is InChI=1S/C18H19NO2/c1-12-9-14-5-3-4-6-16(14)19(11-12)18(21)15-7-8-17(20)13(2)10-15/h3-8,10,12,20H,9,11H2,1-2H3. The molecule has 0 spiro atoms. The predicted molar refractivity (Wildman–Crippen MR) is 83.8 cm³/mol. The lowest BCUT2D eigenvalue weighted by Crippen LogP contribution is -2.39. The van der Waals surface area contributed by atoms with E-state index < -0.39 is 0 Å². The van der Waals surface area contributed by atoms with Crippen LogP contribution in [0.1, 0.15) is 28.4 Å². The van der Waals surface area contributed by atoms with Crippen molar-refractivity contribution in [2.75, 3.05) is 11.4 Å². The summed E-state index contributed by atoms with van der Waals surface area (Å²) in [6.07, 6.45) is 1.01. The molecule has 0 fully saturated rings. The number of benzene rings is 2. The Hall–Kier alpha value is -2.29. The van der Waals surface area contributed by atoms with Crippen LogP contribution in [0.3, 0.4) is 0 Å². The minimum Gasteiger partial charge on any atom is -0.508 e. The first-order valence-electron chi connectivity index (χ1n) is 7.25. The minimum absolute atomic E-state index is 0.00269. The van der Waals surface area contributed by atoms with E-state index in [1.165, 1.54) is 5.56 Å². The maximum Gasteiger partial charge on any atom is 0.258 e. The van der Waals surface area contributed by atoms with Crippen LogP contribution in [0.2, 0.25) is 0 Å². The van der Waals surface area contributed by atoms with Gasteiger partial charge in [-0.1, -0.05) is 25.1 Å². The maximum absolute atomic E-state index is 12.8. The molecule has 1 unspecified atom stereocenters. The molecule has 1 amide bonds. The molecule has 0 aromatic heterocycles. The van der Waals surface area contributed by atoms with Crippen LogP contribution in [0.4, 0.5) is 5.69 Å². The van der Waals surface area contributed by atoms with Crippen LogP contribution in [-0.2, 0) is 6.42 Å². The molecule has 1 atom stereocenters. The van der Waals surface area contributed by atoms with Gasteiger partial charge in [0.05, 0.1) is 0 Å². The van der Waals surface area contributed by atoms with E-state index in [2.05, 4.69) is 13.0 Å². The molecule has 0 bridgehead atoms. The molecule has 1 N–H and O–H groups in total. The Balaban J connectivity index is 1.99. The van der Waals surface area contributed by atoms with E-state index in [-0.39, 0.29) is 11.7 Å². The van der Waals surface area contributed by atoms with Gasteiger partial charge in [-0.25, -0.2) is 0 Å². The van der Waals surface area contributed by atoms with Gasteiger partial charge in [0.2, 0.25) is 0 Å². The Morgan fingerprint density at radius 2 is 2.00 bits per heavy atom. The summed E-state index contributed by atoms with van der Waals surface area (Å²) in [5, 5.41) is 9.61. The molecule has 2 aromatic rings. The average molecular weight is 281 g/mol. The number of phenolic OH excluding ortho intramolecular Hbond substituents is 1. The zero-order valence-corrected chi connectivity index (χ0v) is 12.3. The van der Waals surface area contributed by atoms with Crippen LogP contribution in [0.15, 0.2) is 42.5 Å². The maximum atomic E-state index is 12.8. The third kappa shape index (κ3) is 2.51. The highest BCUT2D eigenvalue weighted by Gasteiger charge is 2.26. The summed E-state index contributed by atoms with van der Waals surface area (Å²) in [6, 6.07) is 13.1. The van der Waals surface area contributed by atoms with Crippen molar-refractivity contribution in [3.05, 3.63) is 59.2 Å². The highest BCUT2D eigenvalue weighted by Crippen LogP contribution is 2.31. The summed E-state index contributed by atoms with van der Waals surface area (Å²) >= 11 is 0. The lowest BCUT2D eigenvalue weighted by Gasteiger charge is -2.33. The molecule has 0 saturated heterocycles. The zero-order chi connectivity index (χ0) is 15.0. The number of anilines is 1. The Kier molecular flexibility index (Phi) is 3.42. The topological polar surface area (TPSA) is 40.5 Å². The van der Waals surface area contributed by atoms with Gasteiger partial charge in [-0.15, -0.1) is 0 Å². The number of aromatic hydroxyl groups is 1. The Bertz CT molecular complexity index is 693. The molecule has 108 valence electrons. The first kappa shape index (κ1) is 13.7. The second-order valence-electron chi connectivity index (χ2n) is 5.86. The second-order valence-corrected chi connectivity index (χ2v) is 5.86. The first-order chi connectivity index (χ1) is 10.1. The fourth-order valence-electron chi connectivity index (χ4n) is 2.93. The van der Waals surface area contributed by atoms with Crippen LogP contribution in [0.25, 0.3) is 0 Å². The largest absolute Gasteiger partial charge is 0.508 e. The highest BCUT2D eigenvalue weighted by molar-refractivity contribution is 6.07. The molecular weight excluding hydrogens is 262 g/mol. The Labute approximate surface area is 124 Å². The van der Waals surface area contributed by atoms with Crippen LogP contribution in [0.5, 0.6) is 5.75 Å². The van der Waals surface area contributed by atoms with Gasteiger partial charge in [0.15, 0.2) is 0 Å². The van der Waals surface area contributed by atoms with Gasteiger partial charge in [0, 0.05) is 17.8 Å². The van der Waals surface area contributed by atoms with Gasteiger partial charge in [-0.2, -0.15) is 0 Å². The smallest absolute Gasteiger partial charge is 0.258 e. The molecular formula is C18H19NO2. The highest BCUT2D eigenvalue weighted by atomic mass is 16.3. The summed E-state index contributed by atoms with van der Waals surface area (Å²) in [7, 11) is 0. The lowest BCUT2D eigenvalue weighted by atomic mass is 9.93. The van der Waals surface area contributed by atoms with Gasteiger partial charge in [-0.3, -0.25) is 4.79 Å². The Morgan fingerprint density at radius 3 is 2.76 bits per heavy atom. The molecule has 0 saturated carbocycles. The van der Waals surface area contributed by atoms with E-state index in [0.29, 0.717) is 11.5 Å². The number of hydrogen-bond acceptors (Lipinski definition) is 2. The zero-order valence-electron chi connectivity index (χ0n) is 12.3. The number of hydrogen-bond donors (Lipinski definition) is 1. The first-order valence-corrected chi connectivity index (χ1v) is 7.25. The number of fused-ring (bicyclic) bond motifs is 1. The van der Waals surface area contributed by atoms with Crippen molar-refractivity contribution in [1.29, 1.82) is 0 Å². The average Bonchev–Trinajstić information content (AvgIpc) is 2.48. The molecule has 21 heavy (non-hydrogen) atoms. The van der Waals surface area contributed by atoms with Crippen molar-refractivity contribution < 1.29 is 9.90 Å². The predicted octanol–water partition coefficient (Wildman–Crippen LogP) is 3.54. The van der Waals surface area contributed by atoms with Crippen molar-refractivity contribution in [2.45, 2.75) is 20.3 Å². The van der Waals surface area contributed by atoms with Gasteiger partial charge >= 0.3 is 0 Å². The fraction of sp³-hybridized carbons (Fsp3) is 0.278. The number of rotatable bonds is 1. The van der Waals surface area contributed by atoms with E-state index in [9.17, 15) is 9.90 Å². The lowest BCUT2D eigenvalue weighted by molar-refractivity contribution is 0.0981. The number of carbonyl (C=O) groups is 1. The van der Waals surface area contributed by atoms with Gasteiger partial charge in [0.1, 0.15) is 5.75 Å². The molecule has 3 heteroatoms. The molecule has 1 heterocycles. The van der Waals surface area contributed by atoms with E-state index in [4.69, 9.17) is 0 Å². The van der Waals surface area contributed by atoms with E-state index >= 15 is 0 Å². The molecule has 1 aliphatic heterocycles. The number of aryl methyl sites for hydroxylation is 1. The van der Waals surface area contributed by atoms with Crippen molar-refractivity contribution in [1.82, 2.24) is 0 Å². The second kappa shape index (κ2) is 5.24.